The third-order valence-electron chi connectivity index (χ3n) is 2.40. The lowest BCUT2D eigenvalue weighted by molar-refractivity contribution is 0.521. The van der Waals surface area contributed by atoms with Crippen LogP contribution in [0.4, 0.5) is 0 Å². The molecule has 0 unspecified atom stereocenters. The van der Waals surface area contributed by atoms with Gasteiger partial charge in [-0.1, -0.05) is 13.8 Å². The minimum absolute atomic E-state index is 0.557. The van der Waals surface area contributed by atoms with Crippen LogP contribution in [-0.4, -0.2) is 14.8 Å². The smallest absolute Gasteiger partial charge is 0.195 e. The van der Waals surface area contributed by atoms with Crippen LogP contribution < -0.4 is 0 Å². The fourth-order valence-electron chi connectivity index (χ4n) is 1.65. The minimum atomic E-state index is 0.557. The first kappa shape index (κ1) is 11.5. The topological polar surface area (TPSA) is 33.6 Å². The van der Waals surface area contributed by atoms with E-state index in [1.54, 1.807) is 11.3 Å². The molecule has 0 bridgehead atoms. The summed E-state index contributed by atoms with van der Waals surface area (Å²) in [6.45, 7) is 7.36. The second-order valence-corrected chi connectivity index (χ2v) is 5.46. The molecule has 0 aliphatic carbocycles. The zero-order valence-corrected chi connectivity index (χ0v) is 11.3. The molecular weight excluding hydrogens is 238 g/mol. The summed E-state index contributed by atoms with van der Waals surface area (Å²) in [6.07, 6.45) is 0. The maximum Gasteiger partial charge on any atom is 0.195 e. The van der Waals surface area contributed by atoms with Gasteiger partial charge in [0.15, 0.2) is 10.6 Å². The van der Waals surface area contributed by atoms with Gasteiger partial charge in [0, 0.05) is 17.5 Å². The first-order valence-electron chi connectivity index (χ1n) is 5.28. The second-order valence-electron chi connectivity index (χ2n) is 4.33. The number of rotatable bonds is 3. The highest BCUT2D eigenvalue weighted by molar-refractivity contribution is 7.71. The molecule has 0 saturated heterocycles. The van der Waals surface area contributed by atoms with E-state index in [1.165, 1.54) is 11.1 Å². The maximum absolute atomic E-state index is 5.26. The summed E-state index contributed by atoms with van der Waals surface area (Å²) >= 11 is 6.95. The molecule has 0 aliphatic rings. The largest absolute Gasteiger partial charge is 0.300 e. The normalized spacial score (nSPS) is 11.2. The van der Waals surface area contributed by atoms with Crippen molar-refractivity contribution in [1.29, 1.82) is 0 Å². The lowest BCUT2D eigenvalue weighted by atomic mass is 10.2. The standard InChI is InChI=1S/C11H15N3S2/c1-7(2)4-14-10(12-13-11(14)15)9-6-16-5-8(9)3/h5-7H,4H2,1-3H3,(H,13,15). The van der Waals surface area contributed by atoms with Gasteiger partial charge >= 0.3 is 0 Å². The molecule has 0 amide bonds. The van der Waals surface area contributed by atoms with Gasteiger partial charge in [0.2, 0.25) is 0 Å². The van der Waals surface area contributed by atoms with Crippen LogP contribution in [0.3, 0.4) is 0 Å². The molecule has 5 heteroatoms. The number of H-pyrrole nitrogens is 1. The summed E-state index contributed by atoms with van der Waals surface area (Å²) in [4.78, 5) is 0. The third kappa shape index (κ3) is 2.10. The van der Waals surface area contributed by atoms with Crippen molar-refractivity contribution in [3.63, 3.8) is 0 Å². The quantitative estimate of drug-likeness (QED) is 0.847. The summed E-state index contributed by atoms with van der Waals surface area (Å²) < 4.78 is 2.78. The minimum Gasteiger partial charge on any atom is -0.300 e. The van der Waals surface area contributed by atoms with E-state index in [4.69, 9.17) is 12.2 Å². The first-order chi connectivity index (χ1) is 7.59. The SMILES string of the molecule is Cc1cscc1-c1n[nH]c(=S)n1CC(C)C. The fraction of sp³-hybridized carbons (Fsp3) is 0.455. The Morgan fingerprint density at radius 2 is 2.25 bits per heavy atom. The van der Waals surface area contributed by atoms with E-state index in [2.05, 4.69) is 46.3 Å². The Morgan fingerprint density at radius 3 is 2.81 bits per heavy atom. The molecule has 0 aromatic carbocycles. The van der Waals surface area contributed by atoms with Crippen LogP contribution in [0.15, 0.2) is 10.8 Å². The van der Waals surface area contributed by atoms with Gasteiger partial charge in [-0.3, -0.25) is 9.67 Å². The van der Waals surface area contributed by atoms with E-state index in [0.717, 1.165) is 12.4 Å². The number of aryl methyl sites for hydroxylation is 1. The van der Waals surface area contributed by atoms with Crippen molar-refractivity contribution in [1.82, 2.24) is 14.8 Å². The van der Waals surface area contributed by atoms with Crippen LogP contribution in [0.25, 0.3) is 11.4 Å². The van der Waals surface area contributed by atoms with E-state index in [0.29, 0.717) is 10.7 Å². The van der Waals surface area contributed by atoms with Crippen molar-refractivity contribution in [2.24, 2.45) is 5.92 Å². The fourth-order valence-corrected chi connectivity index (χ4v) is 2.68. The third-order valence-corrected chi connectivity index (χ3v) is 3.58. The summed E-state index contributed by atoms with van der Waals surface area (Å²) in [5.74, 6) is 1.51. The Kier molecular flexibility index (Phi) is 3.25. The zero-order chi connectivity index (χ0) is 11.7. The van der Waals surface area contributed by atoms with Crippen LogP contribution in [0.5, 0.6) is 0 Å². The predicted molar refractivity (Wildman–Crippen MR) is 70.3 cm³/mol. The molecule has 86 valence electrons. The molecule has 0 spiro atoms. The Morgan fingerprint density at radius 1 is 1.50 bits per heavy atom. The highest BCUT2D eigenvalue weighted by Crippen LogP contribution is 2.25. The second kappa shape index (κ2) is 4.51. The average Bonchev–Trinajstić information content (AvgIpc) is 2.75. The molecule has 2 aromatic rings. The van der Waals surface area contributed by atoms with Crippen molar-refractivity contribution in [3.8, 4) is 11.4 Å². The van der Waals surface area contributed by atoms with Gasteiger partial charge < -0.3 is 0 Å². The molecule has 0 fully saturated rings. The van der Waals surface area contributed by atoms with Gasteiger partial charge in [-0.15, -0.1) is 0 Å². The summed E-state index contributed by atoms with van der Waals surface area (Å²) in [5.41, 5.74) is 2.43. The first-order valence-corrected chi connectivity index (χ1v) is 6.63. The van der Waals surface area contributed by atoms with Crippen LogP contribution in [0, 0.1) is 17.6 Å². The van der Waals surface area contributed by atoms with E-state index in [9.17, 15) is 0 Å². The molecule has 2 rings (SSSR count). The van der Waals surface area contributed by atoms with Gasteiger partial charge in [0.25, 0.3) is 0 Å². The lowest BCUT2D eigenvalue weighted by Gasteiger charge is -2.08. The predicted octanol–water partition coefficient (Wildman–Crippen LogP) is 3.63. The highest BCUT2D eigenvalue weighted by atomic mass is 32.1. The van der Waals surface area contributed by atoms with Crippen molar-refractivity contribution < 1.29 is 0 Å². The van der Waals surface area contributed by atoms with Crippen molar-refractivity contribution in [3.05, 3.63) is 21.1 Å². The number of nitrogens with one attached hydrogen (secondary N) is 1. The summed E-state index contributed by atoms with van der Waals surface area (Å²) in [5, 5.41) is 11.5. The van der Waals surface area contributed by atoms with E-state index < -0.39 is 0 Å². The number of hydrogen-bond acceptors (Lipinski definition) is 3. The van der Waals surface area contributed by atoms with Gasteiger partial charge in [0.1, 0.15) is 0 Å². The number of aromatic nitrogens is 3. The number of thiophene rings is 1. The maximum atomic E-state index is 5.26. The highest BCUT2D eigenvalue weighted by Gasteiger charge is 2.12. The Hall–Kier alpha value is -0.940. The van der Waals surface area contributed by atoms with Gasteiger partial charge in [-0.25, -0.2) is 0 Å². The Bertz CT molecular complexity index is 533. The average molecular weight is 253 g/mol. The lowest BCUT2D eigenvalue weighted by Crippen LogP contribution is -2.06. The van der Waals surface area contributed by atoms with Gasteiger partial charge in [-0.05, 0) is 36.0 Å². The number of hydrogen-bond donors (Lipinski definition) is 1. The van der Waals surface area contributed by atoms with Crippen LogP contribution in [0.2, 0.25) is 0 Å². The van der Waals surface area contributed by atoms with Crippen LogP contribution in [0.1, 0.15) is 19.4 Å². The molecule has 0 atom stereocenters. The Labute approximate surface area is 104 Å². The monoisotopic (exact) mass is 253 g/mol. The number of nitrogens with zero attached hydrogens (tertiary/aromatic N) is 2. The molecular formula is C11H15N3S2. The molecule has 2 aromatic heterocycles. The van der Waals surface area contributed by atoms with Crippen molar-refractivity contribution in [2.45, 2.75) is 27.3 Å². The summed E-state index contributed by atoms with van der Waals surface area (Å²) in [6, 6.07) is 0. The molecule has 16 heavy (non-hydrogen) atoms. The molecule has 0 radical (unpaired) electrons. The van der Waals surface area contributed by atoms with E-state index in [-0.39, 0.29) is 0 Å². The van der Waals surface area contributed by atoms with E-state index in [1.807, 2.05) is 0 Å². The Balaban J connectivity index is 2.50. The van der Waals surface area contributed by atoms with Gasteiger partial charge in [-0.2, -0.15) is 16.4 Å². The molecule has 3 nitrogen and oxygen atoms in total. The molecule has 2 heterocycles. The van der Waals surface area contributed by atoms with Crippen LogP contribution in [-0.2, 0) is 6.54 Å². The molecule has 0 aliphatic heterocycles. The summed E-state index contributed by atoms with van der Waals surface area (Å²) in [7, 11) is 0. The zero-order valence-electron chi connectivity index (χ0n) is 9.65. The molecule has 0 saturated carbocycles. The molecule has 1 N–H and O–H groups in total. The van der Waals surface area contributed by atoms with Gasteiger partial charge in [0.05, 0.1) is 0 Å². The van der Waals surface area contributed by atoms with Crippen molar-refractivity contribution in [2.75, 3.05) is 0 Å². The van der Waals surface area contributed by atoms with E-state index >= 15 is 0 Å². The van der Waals surface area contributed by atoms with Crippen LogP contribution >= 0.6 is 23.6 Å². The van der Waals surface area contributed by atoms with Crippen molar-refractivity contribution >= 4 is 23.6 Å². The number of aromatic amines is 1.